The SMILES string of the molecule is COCC1(CNC(=O)c2cc(C)nc3onc(C)c23)CCNCC1. The highest BCUT2D eigenvalue weighted by molar-refractivity contribution is 6.06. The van der Waals surface area contributed by atoms with Crippen LogP contribution in [0.15, 0.2) is 10.6 Å². The molecular weight excluding hydrogens is 308 g/mol. The first kappa shape index (κ1) is 16.9. The van der Waals surface area contributed by atoms with Gasteiger partial charge >= 0.3 is 0 Å². The third-order valence-electron chi connectivity index (χ3n) is 4.73. The lowest BCUT2D eigenvalue weighted by molar-refractivity contribution is 0.0512. The van der Waals surface area contributed by atoms with Gasteiger partial charge in [0.25, 0.3) is 11.6 Å². The minimum Gasteiger partial charge on any atom is -0.384 e. The first-order valence-corrected chi connectivity index (χ1v) is 8.26. The Hall–Kier alpha value is -1.99. The summed E-state index contributed by atoms with van der Waals surface area (Å²) in [6.07, 6.45) is 1.97. The molecule has 0 atom stereocenters. The van der Waals surface area contributed by atoms with Crippen molar-refractivity contribution in [2.45, 2.75) is 26.7 Å². The van der Waals surface area contributed by atoms with E-state index in [-0.39, 0.29) is 11.3 Å². The highest BCUT2D eigenvalue weighted by Gasteiger charge is 2.33. The van der Waals surface area contributed by atoms with Gasteiger partial charge in [0.1, 0.15) is 0 Å². The number of piperidine rings is 1. The maximum Gasteiger partial charge on any atom is 0.258 e. The maximum atomic E-state index is 12.8. The molecule has 1 saturated heterocycles. The number of methoxy groups -OCH3 is 1. The van der Waals surface area contributed by atoms with Gasteiger partial charge < -0.3 is 19.9 Å². The molecule has 0 aliphatic carbocycles. The van der Waals surface area contributed by atoms with E-state index in [0.29, 0.717) is 35.5 Å². The molecule has 2 N–H and O–H groups in total. The monoisotopic (exact) mass is 332 g/mol. The molecule has 7 nitrogen and oxygen atoms in total. The van der Waals surface area contributed by atoms with Crippen LogP contribution in [0.2, 0.25) is 0 Å². The van der Waals surface area contributed by atoms with Gasteiger partial charge in [-0.05, 0) is 45.8 Å². The van der Waals surface area contributed by atoms with Crippen LogP contribution in [0.3, 0.4) is 0 Å². The molecule has 1 amide bonds. The second-order valence-corrected chi connectivity index (χ2v) is 6.63. The molecule has 1 aliphatic rings. The smallest absolute Gasteiger partial charge is 0.258 e. The lowest BCUT2D eigenvalue weighted by atomic mass is 9.79. The van der Waals surface area contributed by atoms with Crippen molar-refractivity contribution in [1.29, 1.82) is 0 Å². The molecule has 0 unspecified atom stereocenters. The van der Waals surface area contributed by atoms with Crippen molar-refractivity contribution < 1.29 is 14.1 Å². The lowest BCUT2D eigenvalue weighted by Crippen LogP contribution is -2.47. The predicted octanol–water partition coefficient (Wildman–Crippen LogP) is 1.59. The largest absolute Gasteiger partial charge is 0.384 e. The average Bonchev–Trinajstić information content (AvgIpc) is 2.94. The van der Waals surface area contributed by atoms with Crippen LogP contribution in [0.5, 0.6) is 0 Å². The molecule has 0 saturated carbocycles. The molecule has 2 aromatic heterocycles. The average molecular weight is 332 g/mol. The van der Waals surface area contributed by atoms with Gasteiger partial charge in [0.2, 0.25) is 0 Å². The Kier molecular flexibility index (Phi) is 4.82. The van der Waals surface area contributed by atoms with Crippen LogP contribution in [-0.4, -0.2) is 49.4 Å². The number of hydrogen-bond acceptors (Lipinski definition) is 6. The molecule has 0 radical (unpaired) electrons. The van der Waals surface area contributed by atoms with Crippen molar-refractivity contribution in [3.05, 3.63) is 23.0 Å². The number of hydrogen-bond donors (Lipinski definition) is 2. The van der Waals surface area contributed by atoms with Crippen molar-refractivity contribution in [1.82, 2.24) is 20.8 Å². The van der Waals surface area contributed by atoms with Gasteiger partial charge in [0.15, 0.2) is 0 Å². The Labute approximate surface area is 141 Å². The van der Waals surface area contributed by atoms with Gasteiger partial charge in [0.05, 0.1) is 23.3 Å². The zero-order valence-corrected chi connectivity index (χ0v) is 14.4. The van der Waals surface area contributed by atoms with Gasteiger partial charge in [-0.3, -0.25) is 4.79 Å². The van der Waals surface area contributed by atoms with Gasteiger partial charge in [-0.1, -0.05) is 5.16 Å². The van der Waals surface area contributed by atoms with E-state index in [9.17, 15) is 4.79 Å². The highest BCUT2D eigenvalue weighted by Crippen LogP contribution is 2.29. The zero-order valence-electron chi connectivity index (χ0n) is 14.4. The molecular formula is C17H24N4O3. The number of aromatic nitrogens is 2. The standard InChI is InChI=1S/C17H24N4O3/c1-11-8-13(14-12(2)21-24-16(14)20-11)15(22)19-9-17(10-23-3)4-6-18-7-5-17/h8,18H,4-7,9-10H2,1-3H3,(H,19,22). The summed E-state index contributed by atoms with van der Waals surface area (Å²) in [5.41, 5.74) is 2.37. The first-order chi connectivity index (χ1) is 11.5. The number of fused-ring (bicyclic) bond motifs is 1. The fourth-order valence-electron chi connectivity index (χ4n) is 3.40. The summed E-state index contributed by atoms with van der Waals surface area (Å²) >= 11 is 0. The predicted molar refractivity (Wildman–Crippen MR) is 90.0 cm³/mol. The van der Waals surface area contributed by atoms with Crippen molar-refractivity contribution in [3.63, 3.8) is 0 Å². The number of ether oxygens (including phenoxy) is 1. The van der Waals surface area contributed by atoms with Crippen LogP contribution in [0.1, 0.15) is 34.6 Å². The van der Waals surface area contributed by atoms with Gasteiger partial charge in [-0.25, -0.2) is 4.98 Å². The molecule has 0 aromatic carbocycles. The van der Waals surface area contributed by atoms with Crippen LogP contribution in [0.4, 0.5) is 0 Å². The van der Waals surface area contributed by atoms with Crippen molar-refractivity contribution in [2.24, 2.45) is 5.41 Å². The second kappa shape index (κ2) is 6.86. The Morgan fingerprint density at radius 3 is 2.88 bits per heavy atom. The molecule has 24 heavy (non-hydrogen) atoms. The molecule has 3 heterocycles. The van der Waals surface area contributed by atoms with E-state index in [1.54, 1.807) is 13.2 Å². The van der Waals surface area contributed by atoms with E-state index in [1.807, 2.05) is 13.8 Å². The Morgan fingerprint density at radius 1 is 1.42 bits per heavy atom. The number of carbonyl (C=O) groups excluding carboxylic acids is 1. The lowest BCUT2D eigenvalue weighted by Gasteiger charge is -2.37. The Balaban J connectivity index is 1.81. The van der Waals surface area contributed by atoms with Crippen LogP contribution in [-0.2, 0) is 4.74 Å². The minimum atomic E-state index is -0.120. The number of nitrogens with zero attached hydrogens (tertiary/aromatic N) is 2. The normalized spacial score (nSPS) is 17.1. The van der Waals surface area contributed by atoms with Gasteiger partial charge in [-0.15, -0.1) is 0 Å². The molecule has 1 fully saturated rings. The fourth-order valence-corrected chi connectivity index (χ4v) is 3.40. The van der Waals surface area contributed by atoms with Gasteiger partial charge in [-0.2, -0.15) is 0 Å². The molecule has 1 aliphatic heterocycles. The summed E-state index contributed by atoms with van der Waals surface area (Å²) in [6, 6.07) is 1.79. The zero-order chi connectivity index (χ0) is 17.2. The number of nitrogens with one attached hydrogen (secondary N) is 2. The molecule has 3 rings (SSSR count). The Bertz CT molecular complexity index is 729. The third kappa shape index (κ3) is 3.27. The van der Waals surface area contributed by atoms with Crippen molar-refractivity contribution in [3.8, 4) is 0 Å². The van der Waals surface area contributed by atoms with Crippen LogP contribution >= 0.6 is 0 Å². The van der Waals surface area contributed by atoms with Crippen LogP contribution in [0.25, 0.3) is 11.1 Å². The van der Waals surface area contributed by atoms with E-state index < -0.39 is 0 Å². The van der Waals surface area contributed by atoms with Crippen LogP contribution in [0, 0.1) is 19.3 Å². The summed E-state index contributed by atoms with van der Waals surface area (Å²) in [6.45, 7) is 6.79. The van der Waals surface area contributed by atoms with E-state index in [0.717, 1.165) is 31.6 Å². The van der Waals surface area contributed by atoms with Crippen molar-refractivity contribution in [2.75, 3.05) is 33.4 Å². The Morgan fingerprint density at radius 2 is 2.17 bits per heavy atom. The van der Waals surface area contributed by atoms with Crippen LogP contribution < -0.4 is 10.6 Å². The summed E-state index contributed by atoms with van der Waals surface area (Å²) in [4.78, 5) is 17.1. The summed E-state index contributed by atoms with van der Waals surface area (Å²) < 4.78 is 10.6. The van der Waals surface area contributed by atoms with Gasteiger partial charge in [0, 0.05) is 24.8 Å². The number of amides is 1. The first-order valence-electron chi connectivity index (χ1n) is 8.26. The molecule has 2 aromatic rings. The number of aryl methyl sites for hydroxylation is 2. The number of rotatable bonds is 5. The molecule has 7 heteroatoms. The summed E-state index contributed by atoms with van der Waals surface area (Å²) in [5, 5.41) is 11.1. The summed E-state index contributed by atoms with van der Waals surface area (Å²) in [7, 11) is 1.71. The van der Waals surface area contributed by atoms with E-state index in [2.05, 4.69) is 20.8 Å². The number of pyridine rings is 1. The highest BCUT2D eigenvalue weighted by atomic mass is 16.5. The molecule has 130 valence electrons. The van der Waals surface area contributed by atoms with E-state index >= 15 is 0 Å². The second-order valence-electron chi connectivity index (χ2n) is 6.63. The van der Waals surface area contributed by atoms with Crippen molar-refractivity contribution >= 4 is 17.0 Å². The molecule has 0 bridgehead atoms. The number of carbonyl (C=O) groups is 1. The van der Waals surface area contributed by atoms with E-state index in [1.165, 1.54) is 0 Å². The summed E-state index contributed by atoms with van der Waals surface area (Å²) in [5.74, 6) is -0.120. The fraction of sp³-hybridized carbons (Fsp3) is 0.588. The maximum absolute atomic E-state index is 12.8. The third-order valence-corrected chi connectivity index (χ3v) is 4.73. The topological polar surface area (TPSA) is 89.3 Å². The quantitative estimate of drug-likeness (QED) is 0.864. The van der Waals surface area contributed by atoms with E-state index in [4.69, 9.17) is 9.26 Å². The minimum absolute atomic E-state index is 0.0134. The molecule has 0 spiro atoms.